The van der Waals surface area contributed by atoms with Crippen LogP contribution in [0, 0.1) is 0 Å². The molecule has 49 heavy (non-hydrogen) atoms. The van der Waals surface area contributed by atoms with Gasteiger partial charge in [-0.25, -0.2) is 0 Å². The third-order valence-electron chi connectivity index (χ3n) is 10.9. The lowest BCUT2D eigenvalue weighted by molar-refractivity contribution is 0.442. The Morgan fingerprint density at radius 2 is 1.06 bits per heavy atom. The zero-order valence-corrected chi connectivity index (χ0v) is 26.6. The summed E-state index contributed by atoms with van der Waals surface area (Å²) in [5.74, 6) is 1.84. The van der Waals surface area contributed by atoms with Crippen molar-refractivity contribution in [3.8, 4) is 39.4 Å². The van der Waals surface area contributed by atoms with Crippen LogP contribution in [0.1, 0.15) is 22.3 Å². The highest BCUT2D eigenvalue weighted by molar-refractivity contribution is 6.21. The quantitative estimate of drug-likeness (QED) is 0.187. The Morgan fingerprint density at radius 3 is 1.84 bits per heavy atom. The zero-order valence-electron chi connectivity index (χ0n) is 26.6. The molecule has 0 atom stereocenters. The number of para-hydroxylation sites is 1. The molecular weight excluding hydrogens is 595 g/mol. The van der Waals surface area contributed by atoms with Crippen molar-refractivity contribution < 1.29 is 4.74 Å². The molecule has 0 saturated carbocycles. The van der Waals surface area contributed by atoms with Crippen LogP contribution in [0.25, 0.3) is 60.5 Å². The molecule has 0 unspecified atom stereocenters. The lowest BCUT2D eigenvalue weighted by Crippen LogP contribution is -2.32. The van der Waals surface area contributed by atoms with Crippen molar-refractivity contribution in [1.29, 1.82) is 0 Å². The van der Waals surface area contributed by atoms with E-state index in [1.807, 2.05) is 0 Å². The molecule has 0 saturated heterocycles. The maximum absolute atomic E-state index is 7.14. The molecule has 1 aliphatic carbocycles. The van der Waals surface area contributed by atoms with Crippen molar-refractivity contribution in [2.24, 2.45) is 0 Å². The Labute approximate surface area is 284 Å². The molecule has 0 amide bonds. The summed E-state index contributed by atoms with van der Waals surface area (Å²) in [6, 6.07) is 64.0. The largest absolute Gasteiger partial charge is 0.456 e. The number of rotatable bonds is 2. The number of aromatic nitrogens is 1. The first kappa shape index (κ1) is 26.7. The summed E-state index contributed by atoms with van der Waals surface area (Å²) >= 11 is 0. The van der Waals surface area contributed by atoms with Crippen molar-refractivity contribution in [3.63, 3.8) is 0 Å². The fourth-order valence-electron chi connectivity index (χ4n) is 8.88. The van der Waals surface area contributed by atoms with E-state index in [0.29, 0.717) is 0 Å². The Balaban J connectivity index is 1.27. The third kappa shape index (κ3) is 3.45. The van der Waals surface area contributed by atoms with Crippen LogP contribution in [-0.2, 0) is 5.41 Å². The molecule has 0 fully saturated rings. The lowest BCUT2D eigenvalue weighted by Gasteiger charge is -2.39. The van der Waals surface area contributed by atoms with E-state index >= 15 is 0 Å². The third-order valence-corrected chi connectivity index (χ3v) is 10.9. The van der Waals surface area contributed by atoms with E-state index < -0.39 is 5.41 Å². The van der Waals surface area contributed by atoms with Crippen molar-refractivity contribution in [2.75, 3.05) is 0 Å². The zero-order chi connectivity index (χ0) is 32.1. The summed E-state index contributed by atoms with van der Waals surface area (Å²) in [4.78, 5) is 0. The Kier molecular flexibility index (Phi) is 5.34. The SMILES string of the molecule is c1ccc(-c2ccc(-n3c4ccc5c(c4c4ccc6ccccc6c43)Oc3ccccc3C53c4ccccc4-c4ccccc43)cc2)cc1. The summed E-state index contributed by atoms with van der Waals surface area (Å²) < 4.78 is 9.58. The van der Waals surface area contributed by atoms with Gasteiger partial charge in [0.05, 0.1) is 21.8 Å². The average molecular weight is 624 g/mol. The first-order valence-corrected chi connectivity index (χ1v) is 16.9. The molecule has 11 rings (SSSR count). The molecule has 2 heterocycles. The van der Waals surface area contributed by atoms with E-state index in [4.69, 9.17) is 4.74 Å². The molecule has 0 radical (unpaired) electrons. The smallest absolute Gasteiger partial charge is 0.142 e. The monoisotopic (exact) mass is 623 g/mol. The lowest BCUT2D eigenvalue weighted by atomic mass is 9.66. The molecule has 2 heteroatoms. The maximum Gasteiger partial charge on any atom is 0.142 e. The van der Waals surface area contributed by atoms with Crippen LogP contribution in [-0.4, -0.2) is 4.57 Å². The van der Waals surface area contributed by atoms with Crippen LogP contribution in [0.2, 0.25) is 0 Å². The van der Waals surface area contributed by atoms with Gasteiger partial charge in [-0.1, -0.05) is 152 Å². The Hall–Kier alpha value is -6.38. The molecule has 2 nitrogen and oxygen atoms in total. The van der Waals surface area contributed by atoms with Crippen molar-refractivity contribution in [2.45, 2.75) is 5.41 Å². The van der Waals surface area contributed by atoms with Crippen LogP contribution in [0.15, 0.2) is 176 Å². The molecule has 0 N–H and O–H groups in total. The van der Waals surface area contributed by atoms with E-state index in [9.17, 15) is 0 Å². The normalized spacial score (nSPS) is 13.6. The predicted molar refractivity (Wildman–Crippen MR) is 201 cm³/mol. The summed E-state index contributed by atoms with van der Waals surface area (Å²) in [6.45, 7) is 0. The van der Waals surface area contributed by atoms with Gasteiger partial charge in [0.1, 0.15) is 11.5 Å². The Morgan fingerprint density at radius 1 is 0.429 bits per heavy atom. The van der Waals surface area contributed by atoms with Crippen molar-refractivity contribution in [3.05, 3.63) is 198 Å². The van der Waals surface area contributed by atoms with Crippen LogP contribution in [0.3, 0.4) is 0 Å². The first-order valence-electron chi connectivity index (χ1n) is 16.9. The van der Waals surface area contributed by atoms with Gasteiger partial charge in [0, 0.05) is 27.6 Å². The van der Waals surface area contributed by atoms with E-state index in [0.717, 1.165) is 28.1 Å². The average Bonchev–Trinajstić information content (AvgIpc) is 3.67. The van der Waals surface area contributed by atoms with E-state index in [1.54, 1.807) is 0 Å². The van der Waals surface area contributed by atoms with Crippen LogP contribution < -0.4 is 4.74 Å². The number of fused-ring (bicyclic) bond motifs is 15. The van der Waals surface area contributed by atoms with Gasteiger partial charge in [0.15, 0.2) is 0 Å². The highest BCUT2D eigenvalue weighted by Gasteiger charge is 2.51. The van der Waals surface area contributed by atoms with Crippen LogP contribution >= 0.6 is 0 Å². The highest BCUT2D eigenvalue weighted by Crippen LogP contribution is 2.63. The second kappa shape index (κ2) is 9.82. The van der Waals surface area contributed by atoms with Gasteiger partial charge in [0.2, 0.25) is 0 Å². The molecule has 1 aliphatic heterocycles. The molecular formula is C47H29NO. The summed E-state index contributed by atoms with van der Waals surface area (Å²) in [7, 11) is 0. The summed E-state index contributed by atoms with van der Waals surface area (Å²) in [5.41, 5.74) is 12.9. The van der Waals surface area contributed by atoms with E-state index in [1.165, 1.54) is 66.2 Å². The van der Waals surface area contributed by atoms with E-state index in [-0.39, 0.29) is 0 Å². The minimum atomic E-state index is -0.506. The molecule has 8 aromatic carbocycles. The fraction of sp³-hybridized carbons (Fsp3) is 0.0213. The standard InChI is InChI=1S/C47H29NO/c1-2-12-30(13-3-1)31-22-25-33(26-23-31)48-42-29-28-41-46(44(42)37-27-24-32-14-4-5-15-34(32)45(37)48)49-43-21-11-10-20-40(43)47(41)38-18-8-6-16-35(38)36-17-7-9-19-39(36)47/h1-29H. The summed E-state index contributed by atoms with van der Waals surface area (Å²) in [5, 5.41) is 4.77. The second-order valence-electron chi connectivity index (χ2n) is 13.2. The summed E-state index contributed by atoms with van der Waals surface area (Å²) in [6.07, 6.45) is 0. The molecule has 9 aromatic rings. The number of nitrogens with zero attached hydrogens (tertiary/aromatic N) is 1. The van der Waals surface area contributed by atoms with E-state index in [2.05, 4.69) is 180 Å². The number of benzene rings is 8. The van der Waals surface area contributed by atoms with Gasteiger partial charge in [-0.2, -0.15) is 0 Å². The topological polar surface area (TPSA) is 14.2 Å². The van der Waals surface area contributed by atoms with Crippen molar-refractivity contribution in [1.82, 2.24) is 4.57 Å². The Bertz CT molecular complexity index is 2740. The molecule has 0 bridgehead atoms. The minimum absolute atomic E-state index is 0.506. The molecule has 2 aliphatic rings. The van der Waals surface area contributed by atoms with Gasteiger partial charge in [-0.05, 0) is 63.0 Å². The molecule has 228 valence electrons. The van der Waals surface area contributed by atoms with Crippen LogP contribution in [0.5, 0.6) is 11.5 Å². The van der Waals surface area contributed by atoms with Gasteiger partial charge < -0.3 is 9.30 Å². The minimum Gasteiger partial charge on any atom is -0.456 e. The number of hydrogen-bond donors (Lipinski definition) is 0. The van der Waals surface area contributed by atoms with Crippen LogP contribution in [0.4, 0.5) is 0 Å². The molecule has 1 aromatic heterocycles. The van der Waals surface area contributed by atoms with Gasteiger partial charge in [-0.15, -0.1) is 0 Å². The van der Waals surface area contributed by atoms with Gasteiger partial charge in [-0.3, -0.25) is 0 Å². The maximum atomic E-state index is 7.14. The van der Waals surface area contributed by atoms with Gasteiger partial charge in [0.25, 0.3) is 0 Å². The molecule has 1 spiro atoms. The van der Waals surface area contributed by atoms with Gasteiger partial charge >= 0.3 is 0 Å². The van der Waals surface area contributed by atoms with Crippen molar-refractivity contribution >= 4 is 32.6 Å². The fourth-order valence-corrected chi connectivity index (χ4v) is 8.88. The predicted octanol–water partition coefficient (Wildman–Crippen LogP) is 12.1. The highest BCUT2D eigenvalue weighted by atomic mass is 16.5. The number of hydrogen-bond acceptors (Lipinski definition) is 1. The first-order chi connectivity index (χ1) is 24.3. The second-order valence-corrected chi connectivity index (χ2v) is 13.2. The number of ether oxygens (including phenoxy) is 1.